The van der Waals surface area contributed by atoms with Crippen molar-refractivity contribution in [3.63, 3.8) is 0 Å². The lowest BCUT2D eigenvalue weighted by Gasteiger charge is -2.08. The van der Waals surface area contributed by atoms with Crippen molar-refractivity contribution >= 4 is 11.9 Å². The van der Waals surface area contributed by atoms with Gasteiger partial charge in [-0.15, -0.1) is 0 Å². The molecule has 5 heteroatoms. The van der Waals surface area contributed by atoms with Crippen LogP contribution in [0.5, 0.6) is 11.5 Å². The minimum atomic E-state index is -0.451. The Hall–Kier alpha value is -3.86. The van der Waals surface area contributed by atoms with Gasteiger partial charge in [-0.05, 0) is 47.5 Å². The summed E-state index contributed by atoms with van der Waals surface area (Å²) < 4.78 is 15.9. The first-order valence-electron chi connectivity index (χ1n) is 9.55. The van der Waals surface area contributed by atoms with Crippen LogP contribution in [0.4, 0.5) is 0 Å². The summed E-state index contributed by atoms with van der Waals surface area (Å²) in [4.78, 5) is 23.3. The molecule has 0 aromatic heterocycles. The molecule has 3 aromatic rings. The molecular formula is C25H22O5. The van der Waals surface area contributed by atoms with Crippen molar-refractivity contribution in [2.24, 2.45) is 0 Å². The molecule has 152 valence electrons. The number of esters is 2. The molecule has 0 saturated heterocycles. The minimum Gasteiger partial charge on any atom is -0.493 e. The van der Waals surface area contributed by atoms with E-state index >= 15 is 0 Å². The fourth-order valence-electron chi connectivity index (χ4n) is 2.68. The fraction of sp³-hybridized carbons (Fsp3) is 0.120. The van der Waals surface area contributed by atoms with Gasteiger partial charge in [-0.2, -0.15) is 0 Å². The second-order valence-electron chi connectivity index (χ2n) is 6.38. The normalized spacial score (nSPS) is 10.1. The topological polar surface area (TPSA) is 61.8 Å². The summed E-state index contributed by atoms with van der Waals surface area (Å²) in [5.41, 5.74) is 2.58. The number of ether oxygens (including phenoxy) is 3. The summed E-state index contributed by atoms with van der Waals surface area (Å²) >= 11 is 0. The largest absolute Gasteiger partial charge is 0.493 e. The third-order valence-electron chi connectivity index (χ3n) is 4.23. The van der Waals surface area contributed by atoms with Crippen LogP contribution in [0.15, 0.2) is 91.5 Å². The lowest BCUT2D eigenvalue weighted by atomic mass is 10.1. The van der Waals surface area contributed by atoms with E-state index in [0.29, 0.717) is 30.1 Å². The van der Waals surface area contributed by atoms with Gasteiger partial charge in [0.1, 0.15) is 11.5 Å². The van der Waals surface area contributed by atoms with Crippen LogP contribution in [0.1, 0.15) is 16.8 Å². The first kappa shape index (κ1) is 20.9. The summed E-state index contributed by atoms with van der Waals surface area (Å²) in [6.07, 6.45) is 1.68. The SMILES string of the molecule is C=CC(=O)OCCCOc1ccc(C(=O)Oc2ccc(-c3ccccc3)cc2)cc1. The Balaban J connectivity index is 1.48. The van der Waals surface area contributed by atoms with E-state index in [9.17, 15) is 9.59 Å². The molecule has 5 nitrogen and oxygen atoms in total. The highest BCUT2D eigenvalue weighted by Gasteiger charge is 2.09. The van der Waals surface area contributed by atoms with E-state index < -0.39 is 11.9 Å². The minimum absolute atomic E-state index is 0.262. The van der Waals surface area contributed by atoms with Gasteiger partial charge >= 0.3 is 11.9 Å². The lowest BCUT2D eigenvalue weighted by molar-refractivity contribution is -0.137. The number of benzene rings is 3. The monoisotopic (exact) mass is 402 g/mol. The van der Waals surface area contributed by atoms with E-state index in [4.69, 9.17) is 14.2 Å². The van der Waals surface area contributed by atoms with E-state index in [0.717, 1.165) is 17.2 Å². The maximum atomic E-state index is 12.4. The highest BCUT2D eigenvalue weighted by Crippen LogP contribution is 2.23. The van der Waals surface area contributed by atoms with Crippen LogP contribution in [0.25, 0.3) is 11.1 Å². The van der Waals surface area contributed by atoms with Gasteiger partial charge in [-0.25, -0.2) is 9.59 Å². The Morgan fingerprint density at radius 2 is 1.40 bits per heavy atom. The zero-order valence-electron chi connectivity index (χ0n) is 16.5. The molecule has 0 aliphatic rings. The Bertz CT molecular complexity index is 976. The van der Waals surface area contributed by atoms with Gasteiger partial charge in [0.15, 0.2) is 0 Å². The van der Waals surface area contributed by atoms with Gasteiger partial charge in [-0.1, -0.05) is 49.0 Å². The van der Waals surface area contributed by atoms with Crippen LogP contribution in [-0.2, 0) is 9.53 Å². The number of hydrogen-bond donors (Lipinski definition) is 0. The molecule has 0 radical (unpaired) electrons. The van der Waals surface area contributed by atoms with Crippen LogP contribution >= 0.6 is 0 Å². The van der Waals surface area contributed by atoms with Gasteiger partial charge in [-0.3, -0.25) is 0 Å². The summed E-state index contributed by atoms with van der Waals surface area (Å²) in [5, 5.41) is 0. The van der Waals surface area contributed by atoms with Gasteiger partial charge in [0, 0.05) is 12.5 Å². The van der Waals surface area contributed by atoms with Gasteiger partial charge < -0.3 is 14.2 Å². The molecule has 0 unspecified atom stereocenters. The van der Waals surface area contributed by atoms with Crippen molar-refractivity contribution in [2.45, 2.75) is 6.42 Å². The molecule has 3 aromatic carbocycles. The van der Waals surface area contributed by atoms with Crippen LogP contribution in [0, 0.1) is 0 Å². The molecule has 0 atom stereocenters. The molecular weight excluding hydrogens is 380 g/mol. The molecule has 0 fully saturated rings. The first-order chi connectivity index (χ1) is 14.7. The van der Waals surface area contributed by atoms with E-state index in [1.165, 1.54) is 0 Å². The van der Waals surface area contributed by atoms with Crippen LogP contribution < -0.4 is 9.47 Å². The molecule has 3 rings (SSSR count). The second kappa shape index (κ2) is 10.6. The molecule has 0 N–H and O–H groups in total. The number of hydrogen-bond acceptors (Lipinski definition) is 5. The molecule has 0 spiro atoms. The smallest absolute Gasteiger partial charge is 0.343 e. The number of rotatable bonds is 9. The van der Waals surface area contributed by atoms with Gasteiger partial charge in [0.2, 0.25) is 0 Å². The molecule has 30 heavy (non-hydrogen) atoms. The van der Waals surface area contributed by atoms with Crippen molar-refractivity contribution in [1.29, 1.82) is 0 Å². The summed E-state index contributed by atoms with van der Waals surface area (Å²) in [5.74, 6) is 0.209. The predicted molar refractivity (Wildman–Crippen MR) is 115 cm³/mol. The highest BCUT2D eigenvalue weighted by molar-refractivity contribution is 5.91. The zero-order chi connectivity index (χ0) is 21.2. The van der Waals surface area contributed by atoms with Crippen LogP contribution in [-0.4, -0.2) is 25.2 Å². The van der Waals surface area contributed by atoms with E-state index in [2.05, 4.69) is 6.58 Å². The Kier molecular flexibility index (Phi) is 7.39. The second-order valence-corrected chi connectivity index (χ2v) is 6.38. The van der Waals surface area contributed by atoms with E-state index in [-0.39, 0.29) is 6.61 Å². The number of carbonyl (C=O) groups excluding carboxylic acids is 2. The van der Waals surface area contributed by atoms with Crippen molar-refractivity contribution in [1.82, 2.24) is 0 Å². The molecule has 0 bridgehead atoms. The molecule has 0 amide bonds. The summed E-state index contributed by atoms with van der Waals surface area (Å²) in [6.45, 7) is 3.98. The molecule has 0 aliphatic heterocycles. The average molecular weight is 402 g/mol. The third kappa shape index (κ3) is 6.07. The van der Waals surface area contributed by atoms with Gasteiger partial charge in [0.05, 0.1) is 18.8 Å². The predicted octanol–water partition coefficient (Wildman–Crippen LogP) is 5.07. The fourth-order valence-corrected chi connectivity index (χ4v) is 2.68. The average Bonchev–Trinajstić information content (AvgIpc) is 2.80. The number of carbonyl (C=O) groups is 2. The van der Waals surface area contributed by atoms with Crippen LogP contribution in [0.3, 0.4) is 0 Å². The highest BCUT2D eigenvalue weighted by atomic mass is 16.5. The molecule has 0 aliphatic carbocycles. The first-order valence-corrected chi connectivity index (χ1v) is 9.55. The van der Waals surface area contributed by atoms with E-state index in [1.54, 1.807) is 36.4 Å². The third-order valence-corrected chi connectivity index (χ3v) is 4.23. The molecule has 0 saturated carbocycles. The lowest BCUT2D eigenvalue weighted by Crippen LogP contribution is -2.09. The van der Waals surface area contributed by atoms with E-state index in [1.807, 2.05) is 42.5 Å². The Morgan fingerprint density at radius 3 is 2.07 bits per heavy atom. The van der Waals surface area contributed by atoms with Gasteiger partial charge in [0.25, 0.3) is 0 Å². The zero-order valence-corrected chi connectivity index (χ0v) is 16.5. The van der Waals surface area contributed by atoms with Crippen molar-refractivity contribution < 1.29 is 23.8 Å². The maximum absolute atomic E-state index is 12.4. The Labute approximate surface area is 175 Å². The van der Waals surface area contributed by atoms with Crippen molar-refractivity contribution in [3.05, 3.63) is 97.1 Å². The Morgan fingerprint density at radius 1 is 0.767 bits per heavy atom. The molecule has 0 heterocycles. The van der Waals surface area contributed by atoms with Crippen molar-refractivity contribution in [3.8, 4) is 22.6 Å². The quantitative estimate of drug-likeness (QED) is 0.216. The van der Waals surface area contributed by atoms with Crippen LogP contribution in [0.2, 0.25) is 0 Å². The van der Waals surface area contributed by atoms with Crippen molar-refractivity contribution in [2.75, 3.05) is 13.2 Å². The summed E-state index contributed by atoms with van der Waals surface area (Å²) in [6, 6.07) is 24.1. The summed E-state index contributed by atoms with van der Waals surface area (Å²) in [7, 11) is 0. The standard InChI is InChI=1S/C25H22O5/c1-2-24(26)29-18-6-17-28-22-13-11-21(12-14-22)25(27)30-23-15-9-20(10-16-23)19-7-4-3-5-8-19/h2-5,7-16H,1,6,17-18H2. The maximum Gasteiger partial charge on any atom is 0.343 e.